The predicted octanol–water partition coefficient (Wildman–Crippen LogP) is 3.18. The number of carbonyl (C=O) groups is 2. The van der Waals surface area contributed by atoms with Crippen molar-refractivity contribution in [3.63, 3.8) is 0 Å². The lowest BCUT2D eigenvalue weighted by Crippen LogP contribution is -2.15. The van der Waals surface area contributed by atoms with E-state index in [1.165, 1.54) is 26.2 Å². The summed E-state index contributed by atoms with van der Waals surface area (Å²) in [4.78, 5) is 32.1. The van der Waals surface area contributed by atoms with Crippen LogP contribution in [-0.4, -0.2) is 36.7 Å². The van der Waals surface area contributed by atoms with Crippen LogP contribution in [-0.2, 0) is 19.7 Å². The van der Waals surface area contributed by atoms with Gasteiger partial charge in [-0.2, -0.15) is 13.5 Å². The summed E-state index contributed by atoms with van der Waals surface area (Å²) in [5.41, 5.74) is -0.711. The number of nitro groups is 1. The third-order valence-corrected chi connectivity index (χ3v) is 4.47. The second kappa shape index (κ2) is 9.19. The van der Waals surface area contributed by atoms with Crippen LogP contribution in [0, 0.1) is 10.1 Å². The van der Waals surface area contributed by atoms with E-state index in [9.17, 15) is 32.7 Å². The summed E-state index contributed by atoms with van der Waals surface area (Å²) >= 11 is 0. The van der Waals surface area contributed by atoms with Gasteiger partial charge in [-0.3, -0.25) is 24.3 Å². The van der Waals surface area contributed by atoms with Gasteiger partial charge in [0.1, 0.15) is 22.9 Å². The highest BCUT2D eigenvalue weighted by atomic mass is 32.2. The summed E-state index contributed by atoms with van der Waals surface area (Å²) < 4.78 is 37.2. The maximum absolute atomic E-state index is 12.0. The van der Waals surface area contributed by atoms with Gasteiger partial charge in [-0.05, 0) is 31.2 Å². The lowest BCUT2D eigenvalue weighted by atomic mass is 10.2. The first-order valence-electron chi connectivity index (χ1n) is 8.17. The Balaban J connectivity index is 2.46. The molecular formula is C17H16N4O8S. The number of nitrogens with one attached hydrogen (secondary N) is 1. The minimum Gasteiger partial charge on any atom is -0.494 e. The summed E-state index contributed by atoms with van der Waals surface area (Å²) in [6.45, 7) is 1.25. The van der Waals surface area contributed by atoms with E-state index in [0.717, 1.165) is 18.2 Å². The Hall–Kier alpha value is -3.71. The van der Waals surface area contributed by atoms with Gasteiger partial charge in [-0.1, -0.05) is 6.07 Å². The van der Waals surface area contributed by atoms with Crippen LogP contribution in [0.25, 0.3) is 0 Å². The number of Topliss-reactive ketones (excluding diaryl/α,β-unsaturated/α-hetero) is 1. The number of benzene rings is 2. The van der Waals surface area contributed by atoms with Crippen molar-refractivity contribution in [2.24, 2.45) is 10.2 Å². The van der Waals surface area contributed by atoms with E-state index in [0.29, 0.717) is 0 Å². The predicted molar refractivity (Wildman–Crippen MR) is 104 cm³/mol. The number of amides is 1. The number of nitro benzene ring substituents is 1. The van der Waals surface area contributed by atoms with Crippen LogP contribution in [0.2, 0.25) is 0 Å². The van der Waals surface area contributed by atoms with E-state index >= 15 is 0 Å². The Bertz CT molecular complexity index is 1140. The van der Waals surface area contributed by atoms with Gasteiger partial charge in [0, 0.05) is 6.07 Å². The smallest absolute Gasteiger partial charge is 0.301 e. The molecule has 0 aliphatic heterocycles. The SMILES string of the molecule is COc1cccc(N=Nc2ccc([N+](=O)[O-])c(S(=O)(=O)O)c2)c1NC(=O)CC(C)=O. The third kappa shape index (κ3) is 5.65. The summed E-state index contributed by atoms with van der Waals surface area (Å²) in [5.74, 6) is -0.729. The van der Waals surface area contributed by atoms with E-state index < -0.39 is 31.5 Å². The number of carbonyl (C=O) groups excluding carboxylic acids is 2. The molecule has 0 saturated carbocycles. The molecule has 1 amide bonds. The van der Waals surface area contributed by atoms with Crippen LogP contribution >= 0.6 is 0 Å². The Morgan fingerprint density at radius 3 is 2.50 bits per heavy atom. The van der Waals surface area contributed by atoms with Crippen molar-refractivity contribution in [3.8, 4) is 5.75 Å². The molecule has 2 N–H and O–H groups in total. The number of para-hydroxylation sites is 1. The summed E-state index contributed by atoms with van der Waals surface area (Å²) in [6, 6.07) is 7.32. The lowest BCUT2D eigenvalue weighted by Gasteiger charge is -2.11. The molecule has 30 heavy (non-hydrogen) atoms. The van der Waals surface area contributed by atoms with Crippen molar-refractivity contribution in [1.82, 2.24) is 0 Å². The van der Waals surface area contributed by atoms with Crippen LogP contribution in [0.3, 0.4) is 0 Å². The van der Waals surface area contributed by atoms with E-state index in [1.807, 2.05) is 0 Å². The fourth-order valence-corrected chi connectivity index (χ4v) is 3.02. The highest BCUT2D eigenvalue weighted by Gasteiger charge is 2.24. The van der Waals surface area contributed by atoms with Gasteiger partial charge in [0.15, 0.2) is 4.90 Å². The molecule has 0 unspecified atom stereocenters. The van der Waals surface area contributed by atoms with Gasteiger partial charge < -0.3 is 10.1 Å². The molecular weight excluding hydrogens is 420 g/mol. The molecule has 0 saturated heterocycles. The van der Waals surface area contributed by atoms with Gasteiger partial charge in [0.2, 0.25) is 5.91 Å². The molecule has 2 rings (SSSR count). The van der Waals surface area contributed by atoms with Gasteiger partial charge >= 0.3 is 10.1 Å². The molecule has 0 radical (unpaired) electrons. The fourth-order valence-electron chi connectivity index (χ4n) is 2.34. The average molecular weight is 436 g/mol. The van der Waals surface area contributed by atoms with Crippen LogP contribution in [0.4, 0.5) is 22.7 Å². The maximum atomic E-state index is 12.0. The molecule has 13 heteroatoms. The van der Waals surface area contributed by atoms with Crippen molar-refractivity contribution in [2.75, 3.05) is 12.4 Å². The van der Waals surface area contributed by atoms with Gasteiger partial charge in [-0.25, -0.2) is 0 Å². The average Bonchev–Trinajstić information content (AvgIpc) is 2.65. The van der Waals surface area contributed by atoms with E-state index in [1.54, 1.807) is 6.07 Å². The molecule has 0 atom stereocenters. The van der Waals surface area contributed by atoms with E-state index in [-0.39, 0.29) is 35.0 Å². The zero-order valence-electron chi connectivity index (χ0n) is 15.7. The molecule has 158 valence electrons. The quantitative estimate of drug-likeness (QED) is 0.208. The van der Waals surface area contributed by atoms with Crippen LogP contribution in [0.15, 0.2) is 51.5 Å². The zero-order valence-corrected chi connectivity index (χ0v) is 16.5. The Labute approximate surface area is 170 Å². The topological polar surface area (TPSA) is 178 Å². The van der Waals surface area contributed by atoms with Crippen LogP contribution < -0.4 is 10.1 Å². The van der Waals surface area contributed by atoms with Crippen molar-refractivity contribution in [3.05, 3.63) is 46.5 Å². The number of anilines is 1. The molecule has 0 aliphatic carbocycles. The van der Waals surface area contributed by atoms with Gasteiger partial charge in [0.05, 0.1) is 24.1 Å². The monoisotopic (exact) mass is 436 g/mol. The number of methoxy groups -OCH3 is 1. The number of rotatable bonds is 8. The Morgan fingerprint density at radius 1 is 1.23 bits per heavy atom. The first-order valence-corrected chi connectivity index (χ1v) is 9.61. The van der Waals surface area contributed by atoms with Gasteiger partial charge in [0.25, 0.3) is 5.69 Å². The molecule has 0 heterocycles. The normalized spacial score (nSPS) is 11.3. The summed E-state index contributed by atoms with van der Waals surface area (Å²) in [5, 5.41) is 21.2. The van der Waals surface area contributed by atoms with E-state index in [4.69, 9.17) is 4.74 Å². The van der Waals surface area contributed by atoms with Crippen molar-refractivity contribution in [2.45, 2.75) is 18.2 Å². The molecule has 0 aromatic heterocycles. The summed E-state index contributed by atoms with van der Waals surface area (Å²) in [7, 11) is -3.53. The summed E-state index contributed by atoms with van der Waals surface area (Å²) in [6.07, 6.45) is -0.366. The van der Waals surface area contributed by atoms with Gasteiger partial charge in [-0.15, -0.1) is 5.11 Å². The molecule has 2 aromatic carbocycles. The molecule has 0 bridgehead atoms. The third-order valence-electron chi connectivity index (χ3n) is 3.59. The number of ketones is 1. The number of nitrogens with zero attached hydrogens (tertiary/aromatic N) is 3. The standard InChI is InChI=1S/C17H16N4O8S/c1-10(22)8-16(23)18-17-12(4-3-5-14(17)29-2)20-19-11-6-7-13(21(24)25)15(9-11)30(26,27)28/h3-7,9H,8H2,1-2H3,(H,18,23)(H,26,27,28). The van der Waals surface area contributed by atoms with Crippen LogP contribution in [0.5, 0.6) is 5.75 Å². The lowest BCUT2D eigenvalue weighted by molar-refractivity contribution is -0.387. The first-order chi connectivity index (χ1) is 14.0. The minimum atomic E-state index is -4.88. The Morgan fingerprint density at radius 2 is 1.93 bits per heavy atom. The second-order valence-electron chi connectivity index (χ2n) is 5.87. The highest BCUT2D eigenvalue weighted by molar-refractivity contribution is 7.86. The number of azo groups is 1. The molecule has 2 aromatic rings. The van der Waals surface area contributed by atoms with Crippen molar-refractivity contribution in [1.29, 1.82) is 0 Å². The largest absolute Gasteiger partial charge is 0.494 e. The number of hydrogen-bond donors (Lipinski definition) is 2. The van der Waals surface area contributed by atoms with Crippen LogP contribution in [0.1, 0.15) is 13.3 Å². The molecule has 0 fully saturated rings. The van der Waals surface area contributed by atoms with Crippen molar-refractivity contribution >= 4 is 44.6 Å². The second-order valence-corrected chi connectivity index (χ2v) is 7.26. The first kappa shape index (κ1) is 22.6. The molecule has 0 aliphatic rings. The maximum Gasteiger partial charge on any atom is 0.301 e. The number of hydrogen-bond acceptors (Lipinski definition) is 9. The molecule has 0 spiro atoms. The van der Waals surface area contributed by atoms with E-state index in [2.05, 4.69) is 15.5 Å². The number of ether oxygens (including phenoxy) is 1. The Kier molecular flexibility index (Phi) is 6.92. The highest BCUT2D eigenvalue weighted by Crippen LogP contribution is 2.36. The fraction of sp³-hybridized carbons (Fsp3) is 0.176. The zero-order chi connectivity index (χ0) is 22.5. The minimum absolute atomic E-state index is 0.109. The molecule has 12 nitrogen and oxygen atoms in total. The van der Waals surface area contributed by atoms with Crippen molar-refractivity contribution < 1.29 is 32.2 Å².